The minimum atomic E-state index is 0.343. The fourth-order valence-electron chi connectivity index (χ4n) is 3.88. The number of phenols is 1. The van der Waals surface area contributed by atoms with Gasteiger partial charge in [-0.3, -0.25) is 9.80 Å². The zero-order valence-electron chi connectivity index (χ0n) is 14.0. The van der Waals surface area contributed by atoms with Crippen LogP contribution >= 0.6 is 15.9 Å². The van der Waals surface area contributed by atoms with E-state index in [2.05, 4.69) is 39.6 Å². The van der Waals surface area contributed by atoms with Gasteiger partial charge in [-0.2, -0.15) is 0 Å². The van der Waals surface area contributed by atoms with E-state index in [1.165, 1.54) is 12.8 Å². The van der Waals surface area contributed by atoms with Gasteiger partial charge in [0.2, 0.25) is 0 Å². The van der Waals surface area contributed by atoms with E-state index in [1.54, 1.807) is 6.07 Å². The molecule has 5 heteroatoms. The molecule has 0 radical (unpaired) electrons. The molecular formula is C18H27BrN2O2. The van der Waals surface area contributed by atoms with Gasteiger partial charge in [0.1, 0.15) is 5.75 Å². The number of ether oxygens (including phenoxy) is 1. The monoisotopic (exact) mass is 382 g/mol. The second-order valence-corrected chi connectivity index (χ2v) is 7.91. The smallest absolute Gasteiger partial charge is 0.120 e. The molecule has 2 heterocycles. The maximum atomic E-state index is 10.0. The molecule has 0 spiro atoms. The highest BCUT2D eigenvalue weighted by atomic mass is 79.9. The zero-order valence-corrected chi connectivity index (χ0v) is 15.6. The number of rotatable bonds is 3. The third-order valence-electron chi connectivity index (χ3n) is 4.96. The molecule has 2 saturated heterocycles. The van der Waals surface area contributed by atoms with Crippen molar-refractivity contribution in [1.29, 1.82) is 0 Å². The number of hydrogen-bond donors (Lipinski definition) is 1. The van der Waals surface area contributed by atoms with Crippen LogP contribution < -0.4 is 0 Å². The molecule has 1 aromatic carbocycles. The number of hydrogen-bond acceptors (Lipinski definition) is 4. The molecule has 128 valence electrons. The van der Waals surface area contributed by atoms with Crippen molar-refractivity contribution in [3.63, 3.8) is 0 Å². The fourth-order valence-corrected chi connectivity index (χ4v) is 4.29. The number of morpholine rings is 1. The van der Waals surface area contributed by atoms with E-state index >= 15 is 0 Å². The third kappa shape index (κ3) is 4.47. The van der Waals surface area contributed by atoms with Crippen molar-refractivity contribution in [3.8, 4) is 5.75 Å². The molecule has 0 amide bonds. The zero-order chi connectivity index (χ0) is 16.4. The summed E-state index contributed by atoms with van der Waals surface area (Å²) in [5.74, 6) is 0.395. The summed E-state index contributed by atoms with van der Waals surface area (Å²) in [6.45, 7) is 9.48. The fraction of sp³-hybridized carbons (Fsp3) is 0.667. The molecular weight excluding hydrogens is 356 g/mol. The summed E-state index contributed by atoms with van der Waals surface area (Å²) >= 11 is 3.49. The van der Waals surface area contributed by atoms with E-state index in [4.69, 9.17) is 4.74 Å². The second kappa shape index (κ2) is 7.51. The molecule has 23 heavy (non-hydrogen) atoms. The summed E-state index contributed by atoms with van der Waals surface area (Å²) < 4.78 is 6.87. The maximum Gasteiger partial charge on any atom is 0.120 e. The SMILES string of the molecule is C[C@@H]1CN(C2CCN(Cc3cc(Br)ccc3O)CC2)C[C@@H](C)O1. The van der Waals surface area contributed by atoms with Crippen LogP contribution in [0.2, 0.25) is 0 Å². The number of likely N-dealkylation sites (tertiary alicyclic amines) is 1. The first-order chi connectivity index (χ1) is 11.0. The molecule has 4 nitrogen and oxygen atoms in total. The molecule has 0 bridgehead atoms. The number of halogens is 1. The van der Waals surface area contributed by atoms with E-state index in [-0.39, 0.29) is 0 Å². The van der Waals surface area contributed by atoms with Crippen molar-refractivity contribution in [2.75, 3.05) is 26.2 Å². The van der Waals surface area contributed by atoms with Crippen molar-refractivity contribution in [1.82, 2.24) is 9.80 Å². The first-order valence-corrected chi connectivity index (χ1v) is 9.40. The highest BCUT2D eigenvalue weighted by Gasteiger charge is 2.30. The topological polar surface area (TPSA) is 35.9 Å². The molecule has 1 aromatic rings. The normalized spacial score (nSPS) is 28.1. The van der Waals surface area contributed by atoms with Crippen molar-refractivity contribution in [3.05, 3.63) is 28.2 Å². The number of nitrogens with zero attached hydrogens (tertiary/aromatic N) is 2. The van der Waals surface area contributed by atoms with Gasteiger partial charge in [-0.1, -0.05) is 15.9 Å². The van der Waals surface area contributed by atoms with E-state index in [0.29, 0.717) is 24.0 Å². The molecule has 1 N–H and O–H groups in total. The van der Waals surface area contributed by atoms with Crippen LogP contribution in [-0.2, 0) is 11.3 Å². The van der Waals surface area contributed by atoms with Crippen LogP contribution in [0.1, 0.15) is 32.3 Å². The van der Waals surface area contributed by atoms with E-state index in [1.807, 2.05) is 12.1 Å². The Balaban J connectivity index is 1.53. The molecule has 2 aliphatic rings. The summed E-state index contributed by atoms with van der Waals surface area (Å²) in [4.78, 5) is 5.07. The minimum Gasteiger partial charge on any atom is -0.508 e. The van der Waals surface area contributed by atoms with Gasteiger partial charge in [0.25, 0.3) is 0 Å². The van der Waals surface area contributed by atoms with Gasteiger partial charge in [0, 0.05) is 35.7 Å². The molecule has 0 saturated carbocycles. The number of benzene rings is 1. The average molecular weight is 383 g/mol. The van der Waals surface area contributed by atoms with Crippen LogP contribution in [0, 0.1) is 0 Å². The summed E-state index contributed by atoms with van der Waals surface area (Å²) in [6, 6.07) is 6.34. The molecule has 0 aliphatic carbocycles. The van der Waals surface area contributed by atoms with Crippen LogP contribution in [0.25, 0.3) is 0 Å². The van der Waals surface area contributed by atoms with Crippen LogP contribution in [0.3, 0.4) is 0 Å². The minimum absolute atomic E-state index is 0.343. The van der Waals surface area contributed by atoms with Crippen molar-refractivity contribution in [2.24, 2.45) is 0 Å². The lowest BCUT2D eigenvalue weighted by atomic mass is 10.0. The largest absolute Gasteiger partial charge is 0.508 e. The van der Waals surface area contributed by atoms with Gasteiger partial charge in [-0.15, -0.1) is 0 Å². The van der Waals surface area contributed by atoms with Gasteiger partial charge in [0.15, 0.2) is 0 Å². The Morgan fingerprint density at radius 3 is 2.48 bits per heavy atom. The van der Waals surface area contributed by atoms with Crippen molar-refractivity contribution < 1.29 is 9.84 Å². The molecule has 2 atom stereocenters. The highest BCUT2D eigenvalue weighted by molar-refractivity contribution is 9.10. The predicted molar refractivity (Wildman–Crippen MR) is 95.7 cm³/mol. The van der Waals surface area contributed by atoms with Crippen LogP contribution in [0.5, 0.6) is 5.75 Å². The molecule has 0 aromatic heterocycles. The van der Waals surface area contributed by atoms with E-state index in [9.17, 15) is 5.11 Å². The van der Waals surface area contributed by atoms with Gasteiger partial charge in [-0.25, -0.2) is 0 Å². The van der Waals surface area contributed by atoms with E-state index in [0.717, 1.165) is 42.8 Å². The summed E-state index contributed by atoms with van der Waals surface area (Å²) in [6.07, 6.45) is 3.09. The van der Waals surface area contributed by atoms with Crippen LogP contribution in [-0.4, -0.2) is 59.3 Å². The lowest BCUT2D eigenvalue weighted by molar-refractivity contribution is -0.0865. The Kier molecular flexibility index (Phi) is 5.62. The number of aromatic hydroxyl groups is 1. The third-order valence-corrected chi connectivity index (χ3v) is 5.45. The lowest BCUT2D eigenvalue weighted by Gasteiger charge is -2.43. The second-order valence-electron chi connectivity index (χ2n) is 6.99. The number of piperidine rings is 1. The predicted octanol–water partition coefficient (Wildman–Crippen LogP) is 3.23. The van der Waals surface area contributed by atoms with Gasteiger partial charge in [0.05, 0.1) is 12.2 Å². The number of phenolic OH excluding ortho intramolecular Hbond substituents is 1. The lowest BCUT2D eigenvalue weighted by Crippen LogP contribution is -2.53. The first kappa shape index (κ1) is 17.2. The van der Waals surface area contributed by atoms with E-state index < -0.39 is 0 Å². The molecule has 2 aliphatic heterocycles. The summed E-state index contributed by atoms with van der Waals surface area (Å²) in [5.41, 5.74) is 1.01. The van der Waals surface area contributed by atoms with Crippen molar-refractivity contribution in [2.45, 2.75) is 51.5 Å². The Morgan fingerprint density at radius 2 is 1.83 bits per heavy atom. The Morgan fingerprint density at radius 1 is 1.17 bits per heavy atom. The Bertz CT molecular complexity index is 522. The first-order valence-electron chi connectivity index (χ1n) is 8.60. The van der Waals surface area contributed by atoms with Gasteiger partial charge in [-0.05, 0) is 58.0 Å². The van der Waals surface area contributed by atoms with Gasteiger partial charge < -0.3 is 9.84 Å². The molecule has 0 unspecified atom stereocenters. The average Bonchev–Trinajstić information content (AvgIpc) is 2.51. The Hall–Kier alpha value is -0.620. The van der Waals surface area contributed by atoms with Crippen LogP contribution in [0.4, 0.5) is 0 Å². The summed E-state index contributed by atoms with van der Waals surface area (Å²) in [5, 5.41) is 10.0. The summed E-state index contributed by atoms with van der Waals surface area (Å²) in [7, 11) is 0. The van der Waals surface area contributed by atoms with Crippen molar-refractivity contribution >= 4 is 15.9 Å². The maximum absolute atomic E-state index is 10.0. The van der Waals surface area contributed by atoms with Crippen LogP contribution in [0.15, 0.2) is 22.7 Å². The standard InChI is InChI=1S/C18H27BrN2O2/c1-13-10-21(11-14(2)23-13)17-5-7-20(8-6-17)12-15-9-16(19)3-4-18(15)22/h3-4,9,13-14,17,22H,5-8,10-12H2,1-2H3/t13-,14-/m1/s1. The Labute approximate surface area is 147 Å². The quantitative estimate of drug-likeness (QED) is 0.870. The molecule has 3 rings (SSSR count). The highest BCUT2D eigenvalue weighted by Crippen LogP contribution is 2.26. The van der Waals surface area contributed by atoms with Gasteiger partial charge >= 0.3 is 0 Å². The molecule has 2 fully saturated rings.